The molecule has 5 heteroatoms. The zero-order chi connectivity index (χ0) is 16.7. The highest BCUT2D eigenvalue weighted by Crippen LogP contribution is 2.15. The van der Waals surface area contributed by atoms with E-state index in [-0.39, 0.29) is 18.5 Å². The third-order valence-corrected chi connectivity index (χ3v) is 4.41. The van der Waals surface area contributed by atoms with Crippen LogP contribution in [-0.2, 0) is 11.3 Å². The molecule has 1 aliphatic heterocycles. The molecule has 0 unspecified atom stereocenters. The number of hydrogen-bond donors (Lipinski definition) is 1. The smallest absolute Gasteiger partial charge is 0.317 e. The number of urea groups is 1. The van der Waals surface area contributed by atoms with E-state index in [9.17, 15) is 9.59 Å². The van der Waals surface area contributed by atoms with Crippen molar-refractivity contribution in [1.82, 2.24) is 15.1 Å². The molecule has 0 saturated carbocycles. The van der Waals surface area contributed by atoms with Crippen molar-refractivity contribution in [2.24, 2.45) is 5.92 Å². The fourth-order valence-corrected chi connectivity index (χ4v) is 2.77. The van der Waals surface area contributed by atoms with Crippen LogP contribution in [0.3, 0.4) is 0 Å². The van der Waals surface area contributed by atoms with Crippen molar-refractivity contribution in [3.05, 3.63) is 35.9 Å². The zero-order valence-electron chi connectivity index (χ0n) is 14.1. The molecule has 3 amide bonds. The molecule has 0 aliphatic carbocycles. The highest BCUT2D eigenvalue weighted by atomic mass is 16.2. The van der Waals surface area contributed by atoms with E-state index in [0.29, 0.717) is 19.0 Å². The van der Waals surface area contributed by atoms with Gasteiger partial charge in [0.25, 0.3) is 0 Å². The Kier molecular flexibility index (Phi) is 6.44. The molecule has 126 valence electrons. The normalized spacial score (nSPS) is 15.3. The maximum atomic E-state index is 12.3. The number of nitrogens with one attached hydrogen (secondary N) is 1. The van der Waals surface area contributed by atoms with Crippen LogP contribution in [0.4, 0.5) is 4.79 Å². The Bertz CT molecular complexity index is 510. The minimum absolute atomic E-state index is 0.0462. The number of rotatable bonds is 5. The van der Waals surface area contributed by atoms with Gasteiger partial charge >= 0.3 is 6.03 Å². The van der Waals surface area contributed by atoms with Crippen LogP contribution in [0.1, 0.15) is 32.3 Å². The topological polar surface area (TPSA) is 52.7 Å². The molecular formula is C18H27N3O2. The average Bonchev–Trinajstić information content (AvgIpc) is 2.58. The van der Waals surface area contributed by atoms with E-state index < -0.39 is 0 Å². The number of hydrogen-bond acceptors (Lipinski definition) is 2. The van der Waals surface area contributed by atoms with Crippen LogP contribution in [0, 0.1) is 5.92 Å². The molecule has 1 saturated heterocycles. The van der Waals surface area contributed by atoms with E-state index in [2.05, 4.69) is 12.2 Å². The number of likely N-dealkylation sites (N-methyl/N-ethyl adjacent to an activating group) is 1. The van der Waals surface area contributed by atoms with Crippen LogP contribution in [0.25, 0.3) is 0 Å². The maximum Gasteiger partial charge on any atom is 0.317 e. The Balaban J connectivity index is 1.79. The summed E-state index contributed by atoms with van der Waals surface area (Å²) in [5.41, 5.74) is 1.10. The van der Waals surface area contributed by atoms with E-state index in [1.54, 1.807) is 9.80 Å². The minimum atomic E-state index is -0.124. The van der Waals surface area contributed by atoms with Crippen LogP contribution in [0.2, 0.25) is 0 Å². The van der Waals surface area contributed by atoms with Crippen LogP contribution in [0.5, 0.6) is 0 Å². The van der Waals surface area contributed by atoms with Crippen LogP contribution in [-0.4, -0.2) is 47.9 Å². The van der Waals surface area contributed by atoms with E-state index in [4.69, 9.17) is 0 Å². The molecule has 1 aromatic carbocycles. The lowest BCUT2D eigenvalue weighted by Gasteiger charge is -2.30. The molecule has 1 fully saturated rings. The maximum absolute atomic E-state index is 12.3. The van der Waals surface area contributed by atoms with Gasteiger partial charge < -0.3 is 15.1 Å². The largest absolute Gasteiger partial charge is 0.337 e. The molecule has 0 bridgehead atoms. The molecule has 2 rings (SSSR count). The van der Waals surface area contributed by atoms with Gasteiger partial charge in [0.15, 0.2) is 0 Å². The van der Waals surface area contributed by atoms with Crippen molar-refractivity contribution in [2.75, 3.05) is 26.2 Å². The molecule has 1 aromatic rings. The highest BCUT2D eigenvalue weighted by Gasteiger charge is 2.21. The second-order valence-electron chi connectivity index (χ2n) is 6.22. The van der Waals surface area contributed by atoms with Gasteiger partial charge in [-0.15, -0.1) is 0 Å². The lowest BCUT2D eigenvalue weighted by Crippen LogP contribution is -2.47. The predicted molar refractivity (Wildman–Crippen MR) is 90.9 cm³/mol. The monoisotopic (exact) mass is 317 g/mol. The van der Waals surface area contributed by atoms with Gasteiger partial charge in [0, 0.05) is 26.2 Å². The number of carbonyl (C=O) groups excluding carboxylic acids is 2. The Morgan fingerprint density at radius 1 is 1.22 bits per heavy atom. The van der Waals surface area contributed by atoms with Crippen LogP contribution in [0.15, 0.2) is 30.3 Å². The Morgan fingerprint density at radius 3 is 2.48 bits per heavy atom. The van der Waals surface area contributed by atoms with Crippen molar-refractivity contribution in [3.63, 3.8) is 0 Å². The molecule has 0 radical (unpaired) electrons. The fourth-order valence-electron chi connectivity index (χ4n) is 2.77. The number of likely N-dealkylation sites (tertiary alicyclic amines) is 1. The quantitative estimate of drug-likeness (QED) is 0.907. The van der Waals surface area contributed by atoms with E-state index in [1.165, 1.54) is 0 Å². The number of benzene rings is 1. The first-order valence-corrected chi connectivity index (χ1v) is 8.44. The predicted octanol–water partition coefficient (Wildman–Crippen LogP) is 2.48. The molecule has 0 aromatic heterocycles. The minimum Gasteiger partial charge on any atom is -0.337 e. The first kappa shape index (κ1) is 17.3. The van der Waals surface area contributed by atoms with Gasteiger partial charge in [-0.1, -0.05) is 37.3 Å². The Hall–Kier alpha value is -2.04. The summed E-state index contributed by atoms with van der Waals surface area (Å²) in [6, 6.07) is 9.77. The van der Waals surface area contributed by atoms with Gasteiger partial charge in [-0.3, -0.25) is 4.79 Å². The lowest BCUT2D eigenvalue weighted by atomic mass is 10.00. The molecule has 5 nitrogen and oxygen atoms in total. The SMILES string of the molecule is CCN(Cc1ccccc1)C(=O)CNC(=O)N1CCC(C)CC1. The Labute approximate surface area is 138 Å². The lowest BCUT2D eigenvalue weighted by molar-refractivity contribution is -0.130. The number of carbonyl (C=O) groups is 2. The average molecular weight is 317 g/mol. The van der Waals surface area contributed by atoms with Crippen molar-refractivity contribution >= 4 is 11.9 Å². The van der Waals surface area contributed by atoms with E-state index >= 15 is 0 Å². The van der Waals surface area contributed by atoms with Crippen molar-refractivity contribution in [2.45, 2.75) is 33.2 Å². The summed E-state index contributed by atoms with van der Waals surface area (Å²) in [6.45, 7) is 6.99. The summed E-state index contributed by atoms with van der Waals surface area (Å²) < 4.78 is 0. The molecule has 1 heterocycles. The van der Waals surface area contributed by atoms with Gasteiger partial charge in [-0.05, 0) is 31.2 Å². The van der Waals surface area contributed by atoms with Gasteiger partial charge in [0.1, 0.15) is 0 Å². The Morgan fingerprint density at radius 2 is 1.87 bits per heavy atom. The fraction of sp³-hybridized carbons (Fsp3) is 0.556. The van der Waals surface area contributed by atoms with Gasteiger partial charge in [-0.2, -0.15) is 0 Å². The number of nitrogens with zero attached hydrogens (tertiary/aromatic N) is 2. The second-order valence-corrected chi connectivity index (χ2v) is 6.22. The van der Waals surface area contributed by atoms with E-state index in [0.717, 1.165) is 31.5 Å². The summed E-state index contributed by atoms with van der Waals surface area (Å²) in [7, 11) is 0. The van der Waals surface area contributed by atoms with Crippen LogP contribution >= 0.6 is 0 Å². The summed E-state index contributed by atoms with van der Waals surface area (Å²) in [5.74, 6) is 0.636. The third kappa shape index (κ3) is 5.27. The number of amides is 3. The molecule has 0 spiro atoms. The standard InChI is InChI=1S/C18H27N3O2/c1-3-20(14-16-7-5-4-6-8-16)17(22)13-19-18(23)21-11-9-15(2)10-12-21/h4-8,15H,3,9-14H2,1-2H3,(H,19,23). The molecule has 23 heavy (non-hydrogen) atoms. The molecular weight excluding hydrogens is 290 g/mol. The zero-order valence-corrected chi connectivity index (χ0v) is 14.1. The molecule has 1 aliphatic rings. The summed E-state index contributed by atoms with van der Waals surface area (Å²) >= 11 is 0. The summed E-state index contributed by atoms with van der Waals surface area (Å²) in [4.78, 5) is 28.0. The summed E-state index contributed by atoms with van der Waals surface area (Å²) in [6.07, 6.45) is 2.08. The van der Waals surface area contributed by atoms with E-state index in [1.807, 2.05) is 37.3 Å². The van der Waals surface area contributed by atoms with Gasteiger partial charge in [0.05, 0.1) is 6.54 Å². The van der Waals surface area contributed by atoms with Gasteiger partial charge in [0.2, 0.25) is 5.91 Å². The first-order chi connectivity index (χ1) is 11.1. The van der Waals surface area contributed by atoms with Crippen LogP contribution < -0.4 is 5.32 Å². The van der Waals surface area contributed by atoms with Gasteiger partial charge in [-0.25, -0.2) is 4.79 Å². The molecule has 0 atom stereocenters. The highest BCUT2D eigenvalue weighted by molar-refractivity contribution is 5.84. The molecule has 1 N–H and O–H groups in total. The number of piperidine rings is 1. The summed E-state index contributed by atoms with van der Waals surface area (Å²) in [5, 5.41) is 2.76. The van der Waals surface area contributed by atoms with Crippen molar-refractivity contribution in [1.29, 1.82) is 0 Å². The van der Waals surface area contributed by atoms with Crippen molar-refractivity contribution < 1.29 is 9.59 Å². The second kappa shape index (κ2) is 8.56. The van der Waals surface area contributed by atoms with Crippen molar-refractivity contribution in [3.8, 4) is 0 Å². The third-order valence-electron chi connectivity index (χ3n) is 4.41. The first-order valence-electron chi connectivity index (χ1n) is 8.44.